The molecule has 57 heavy (non-hydrogen) atoms. The average molecular weight is 818 g/mol. The molecule has 0 spiro atoms. The largest absolute Gasteiger partial charge is 0.493 e. The zero-order valence-corrected chi connectivity index (χ0v) is 33.6. The number of pyridine rings is 3. The molecule has 6 heterocycles. The molecule has 15 nitrogen and oxygen atoms in total. The normalized spacial score (nSPS) is 16.0. The third-order valence-corrected chi connectivity index (χ3v) is 10.5. The number of carbonyl (C=O) groups is 3. The third kappa shape index (κ3) is 8.60. The Morgan fingerprint density at radius 1 is 1.02 bits per heavy atom. The second kappa shape index (κ2) is 16.2. The van der Waals surface area contributed by atoms with Gasteiger partial charge in [0, 0.05) is 72.3 Å². The summed E-state index contributed by atoms with van der Waals surface area (Å²) in [6, 6.07) is 12.6. The van der Waals surface area contributed by atoms with Gasteiger partial charge in [-0.3, -0.25) is 19.5 Å². The van der Waals surface area contributed by atoms with E-state index in [1.54, 1.807) is 61.8 Å². The third-order valence-electron chi connectivity index (χ3n) is 9.73. The number of hydrogen-bond acceptors (Lipinski definition) is 11. The highest BCUT2D eigenvalue weighted by Crippen LogP contribution is 2.42. The van der Waals surface area contributed by atoms with Crippen LogP contribution in [-0.2, 0) is 27.4 Å². The summed E-state index contributed by atoms with van der Waals surface area (Å²) < 4.78 is 18.7. The summed E-state index contributed by atoms with van der Waals surface area (Å²) in [4.78, 5) is 54.0. The molecule has 1 atom stereocenters. The number of hydrogen-bond donors (Lipinski definition) is 2. The van der Waals surface area contributed by atoms with Crippen LogP contribution in [0.15, 0.2) is 54.9 Å². The Balaban J connectivity index is 1.16. The highest BCUT2D eigenvalue weighted by Gasteiger charge is 2.33. The lowest BCUT2D eigenvalue weighted by Gasteiger charge is -2.35. The SMILES string of the molecule is COc1nc(-c2cccc(-c3ccnc(-c4cc(OC)c5nc(CN6CC(C(=O)O)C6)nn5c4)c3Cl)c2Cl)ccc1CN(C[C@@H]1CCC(=O)N1)C(=O)OC(C)(C)C. The Hall–Kier alpha value is -5.51. The van der Waals surface area contributed by atoms with Crippen LogP contribution in [-0.4, -0.2) is 103 Å². The van der Waals surface area contributed by atoms with E-state index in [-0.39, 0.29) is 31.0 Å². The lowest BCUT2D eigenvalue weighted by atomic mass is 10.00. The average Bonchev–Trinajstić information content (AvgIpc) is 3.76. The van der Waals surface area contributed by atoms with Gasteiger partial charge in [-0.1, -0.05) is 41.4 Å². The Bertz CT molecular complexity index is 2360. The first kappa shape index (κ1) is 39.7. The van der Waals surface area contributed by atoms with Crippen molar-refractivity contribution in [3.8, 4) is 45.3 Å². The molecule has 4 aromatic heterocycles. The van der Waals surface area contributed by atoms with Crippen LogP contribution in [0, 0.1) is 5.92 Å². The summed E-state index contributed by atoms with van der Waals surface area (Å²) in [7, 11) is 3.05. The molecule has 0 saturated carbocycles. The monoisotopic (exact) mass is 816 g/mol. The molecule has 0 radical (unpaired) electrons. The Labute approximate surface area is 338 Å². The van der Waals surface area contributed by atoms with E-state index in [9.17, 15) is 19.5 Å². The second-order valence-corrected chi connectivity index (χ2v) is 15.8. The van der Waals surface area contributed by atoms with E-state index in [4.69, 9.17) is 42.4 Å². The number of rotatable bonds is 12. The summed E-state index contributed by atoms with van der Waals surface area (Å²) in [5.41, 5.74) is 3.97. The van der Waals surface area contributed by atoms with E-state index in [1.807, 2.05) is 35.2 Å². The molecule has 0 bridgehead atoms. The van der Waals surface area contributed by atoms with Crippen molar-refractivity contribution in [2.75, 3.05) is 33.9 Å². The first-order chi connectivity index (χ1) is 27.2. The maximum absolute atomic E-state index is 13.3. The highest BCUT2D eigenvalue weighted by molar-refractivity contribution is 6.39. The van der Waals surface area contributed by atoms with Crippen molar-refractivity contribution in [2.24, 2.45) is 5.92 Å². The zero-order valence-electron chi connectivity index (χ0n) is 32.1. The summed E-state index contributed by atoms with van der Waals surface area (Å²) in [5.74, 6) is 0.0633. The zero-order chi connectivity index (χ0) is 40.6. The minimum absolute atomic E-state index is 0.0444. The molecule has 2 saturated heterocycles. The first-order valence-electron chi connectivity index (χ1n) is 18.3. The van der Waals surface area contributed by atoms with Gasteiger partial charge < -0.3 is 29.5 Å². The standard InChI is InChI=1S/C40H42Cl2N8O7/c1-40(2,3)57-39(54)49(20-25-10-12-32(51)44-25)18-22-9-11-29(45-37(22)56-5)28-8-6-7-26(33(28)41)27-13-14-43-35(34(27)42)23-15-30(55-4)36-46-31(47-50(36)19-23)21-48-16-24(17-48)38(52)53/h6-9,11,13-15,19,24-25H,10,12,16-18,20-21H2,1-5H3,(H,44,51)(H,52,53)/t25-/m0/s1. The Kier molecular flexibility index (Phi) is 11.3. The molecule has 7 rings (SSSR count). The Morgan fingerprint density at radius 3 is 2.46 bits per heavy atom. The minimum atomic E-state index is -0.805. The van der Waals surface area contributed by atoms with Crippen LogP contribution in [0.3, 0.4) is 0 Å². The Morgan fingerprint density at radius 2 is 1.77 bits per heavy atom. The van der Waals surface area contributed by atoms with E-state index in [0.29, 0.717) is 105 Å². The van der Waals surface area contributed by atoms with Gasteiger partial charge in [0.1, 0.15) is 5.60 Å². The molecule has 0 aliphatic carbocycles. The highest BCUT2D eigenvalue weighted by atomic mass is 35.5. The van der Waals surface area contributed by atoms with Crippen LogP contribution < -0.4 is 14.8 Å². The lowest BCUT2D eigenvalue weighted by Crippen LogP contribution is -2.49. The fourth-order valence-corrected chi connectivity index (χ4v) is 7.57. The molecule has 298 valence electrons. The fraction of sp³-hybridized carbons (Fsp3) is 0.375. The van der Waals surface area contributed by atoms with Crippen molar-refractivity contribution in [1.29, 1.82) is 0 Å². The van der Waals surface area contributed by atoms with Gasteiger partial charge in [0.05, 0.1) is 54.7 Å². The van der Waals surface area contributed by atoms with Crippen molar-refractivity contribution in [3.05, 3.63) is 76.3 Å². The number of ether oxygens (including phenoxy) is 3. The predicted molar refractivity (Wildman–Crippen MR) is 212 cm³/mol. The van der Waals surface area contributed by atoms with Gasteiger partial charge in [0.15, 0.2) is 17.2 Å². The number of amides is 2. The number of carboxylic acids is 1. The fourth-order valence-electron chi connectivity index (χ4n) is 6.93. The van der Waals surface area contributed by atoms with E-state index < -0.39 is 17.7 Å². The van der Waals surface area contributed by atoms with Crippen LogP contribution in [0.5, 0.6) is 11.6 Å². The molecule has 2 aliphatic rings. The minimum Gasteiger partial charge on any atom is -0.493 e. The number of fused-ring (bicyclic) bond motifs is 1. The van der Waals surface area contributed by atoms with Crippen LogP contribution in [0.1, 0.15) is 45.0 Å². The van der Waals surface area contributed by atoms with E-state index in [2.05, 4.69) is 20.4 Å². The molecule has 0 unspecified atom stereocenters. The van der Waals surface area contributed by atoms with Crippen molar-refractivity contribution in [1.82, 2.24) is 39.7 Å². The van der Waals surface area contributed by atoms with Gasteiger partial charge >= 0.3 is 12.1 Å². The number of aliphatic carboxylic acids is 1. The lowest BCUT2D eigenvalue weighted by molar-refractivity contribution is -0.147. The van der Waals surface area contributed by atoms with Gasteiger partial charge in [-0.15, -0.1) is 5.10 Å². The summed E-state index contributed by atoms with van der Waals surface area (Å²) in [6.45, 7) is 7.10. The van der Waals surface area contributed by atoms with Crippen molar-refractivity contribution in [3.63, 3.8) is 0 Å². The number of nitrogens with one attached hydrogen (secondary N) is 1. The molecular formula is C40H42Cl2N8O7. The number of carbonyl (C=O) groups excluding carboxylic acids is 2. The predicted octanol–water partition coefficient (Wildman–Crippen LogP) is 6.38. The van der Waals surface area contributed by atoms with E-state index in [0.717, 1.165) is 0 Å². The van der Waals surface area contributed by atoms with Gasteiger partial charge in [0.25, 0.3) is 0 Å². The maximum Gasteiger partial charge on any atom is 0.410 e. The molecule has 2 fully saturated rings. The van der Waals surface area contributed by atoms with Gasteiger partial charge in [-0.25, -0.2) is 19.3 Å². The molecular weight excluding hydrogens is 775 g/mol. The molecule has 2 N–H and O–H groups in total. The molecule has 5 aromatic rings. The van der Waals surface area contributed by atoms with Gasteiger partial charge in [0.2, 0.25) is 11.8 Å². The van der Waals surface area contributed by atoms with Crippen LogP contribution in [0.25, 0.3) is 39.3 Å². The molecule has 2 aliphatic heterocycles. The maximum atomic E-state index is 13.3. The smallest absolute Gasteiger partial charge is 0.410 e. The van der Waals surface area contributed by atoms with Gasteiger partial charge in [-0.05, 0) is 51.5 Å². The number of halogens is 2. The molecule has 1 aromatic carbocycles. The number of benzene rings is 1. The summed E-state index contributed by atoms with van der Waals surface area (Å²) in [6.07, 6.45) is 3.93. The number of likely N-dealkylation sites (tertiary alicyclic amines) is 1. The van der Waals surface area contributed by atoms with Crippen LogP contribution in [0.4, 0.5) is 4.79 Å². The number of nitrogens with zero attached hydrogens (tertiary/aromatic N) is 7. The molecule has 2 amide bonds. The quantitative estimate of drug-likeness (QED) is 0.143. The van der Waals surface area contributed by atoms with Crippen molar-refractivity contribution >= 4 is 46.8 Å². The summed E-state index contributed by atoms with van der Waals surface area (Å²) >= 11 is 14.3. The molecule has 17 heteroatoms. The number of carboxylic acid groups (broad SMARTS) is 1. The number of aromatic nitrogens is 5. The second-order valence-electron chi connectivity index (χ2n) is 15.0. The summed E-state index contributed by atoms with van der Waals surface area (Å²) in [5, 5.41) is 17.5. The number of methoxy groups -OCH3 is 2. The van der Waals surface area contributed by atoms with Crippen molar-refractivity contribution < 1.29 is 33.7 Å². The van der Waals surface area contributed by atoms with Crippen LogP contribution in [0.2, 0.25) is 10.0 Å². The van der Waals surface area contributed by atoms with Gasteiger partial charge in [-0.2, -0.15) is 0 Å². The topological polar surface area (TPSA) is 174 Å². The van der Waals surface area contributed by atoms with Crippen molar-refractivity contribution in [2.45, 2.75) is 58.3 Å². The van der Waals surface area contributed by atoms with E-state index >= 15 is 0 Å². The first-order valence-corrected chi connectivity index (χ1v) is 19.1. The van der Waals surface area contributed by atoms with Crippen LogP contribution >= 0.6 is 23.2 Å². The van der Waals surface area contributed by atoms with E-state index in [1.165, 1.54) is 7.11 Å².